The van der Waals surface area contributed by atoms with Crippen LogP contribution in [0.2, 0.25) is 0 Å². The molecular formula is C32H32FN3O3. The summed E-state index contributed by atoms with van der Waals surface area (Å²) < 4.78 is 15.2. The van der Waals surface area contributed by atoms with Crippen LogP contribution in [0.5, 0.6) is 0 Å². The van der Waals surface area contributed by atoms with Crippen LogP contribution in [0.15, 0.2) is 78.9 Å². The molecule has 39 heavy (non-hydrogen) atoms. The molecule has 0 saturated carbocycles. The van der Waals surface area contributed by atoms with Gasteiger partial charge in [0.05, 0.1) is 17.3 Å². The minimum atomic E-state index is -0.909. The second-order valence-corrected chi connectivity index (χ2v) is 10.1. The number of hydrogen-bond acceptors (Lipinski definition) is 3. The van der Waals surface area contributed by atoms with Crippen LogP contribution in [-0.2, 0) is 6.42 Å². The monoisotopic (exact) mass is 525 g/mol. The van der Waals surface area contributed by atoms with Crippen molar-refractivity contribution in [1.82, 2.24) is 15.2 Å². The number of halogens is 1. The van der Waals surface area contributed by atoms with Gasteiger partial charge in [-0.1, -0.05) is 79.7 Å². The molecule has 6 nitrogen and oxygen atoms in total. The van der Waals surface area contributed by atoms with Crippen molar-refractivity contribution < 1.29 is 19.1 Å². The van der Waals surface area contributed by atoms with E-state index in [0.717, 1.165) is 16.7 Å². The Bertz CT molecular complexity index is 1470. The molecule has 200 valence electrons. The van der Waals surface area contributed by atoms with Crippen LogP contribution in [0.1, 0.15) is 53.7 Å². The van der Waals surface area contributed by atoms with E-state index in [4.69, 9.17) is 4.98 Å². The molecular weight excluding hydrogens is 493 g/mol. The molecule has 1 saturated heterocycles. The lowest BCUT2D eigenvalue weighted by Gasteiger charge is -2.31. The Hall–Kier alpha value is -4.26. The quantitative estimate of drug-likeness (QED) is 0.276. The molecule has 1 unspecified atom stereocenters. The van der Waals surface area contributed by atoms with Gasteiger partial charge in [-0.25, -0.2) is 14.2 Å². The fraction of sp³-hybridized carbons (Fsp3) is 0.281. The number of para-hydroxylation sites is 1. The Kier molecular flexibility index (Phi) is 7.87. The van der Waals surface area contributed by atoms with E-state index in [1.54, 1.807) is 12.1 Å². The number of aromatic nitrogens is 1. The van der Waals surface area contributed by atoms with Gasteiger partial charge in [0.1, 0.15) is 11.3 Å². The van der Waals surface area contributed by atoms with E-state index in [0.29, 0.717) is 55.4 Å². The molecule has 1 fully saturated rings. The zero-order chi connectivity index (χ0) is 27.4. The summed E-state index contributed by atoms with van der Waals surface area (Å²) in [6.07, 6.45) is 1.70. The zero-order valence-electron chi connectivity index (χ0n) is 21.9. The molecule has 1 aliphatic rings. The van der Waals surface area contributed by atoms with Crippen molar-refractivity contribution >= 4 is 22.9 Å². The molecule has 0 aliphatic carbocycles. The second-order valence-electron chi connectivity index (χ2n) is 10.1. The van der Waals surface area contributed by atoms with E-state index in [2.05, 4.69) is 5.32 Å². The van der Waals surface area contributed by atoms with Crippen molar-refractivity contribution in [3.05, 3.63) is 101 Å². The average molecular weight is 526 g/mol. The molecule has 2 heterocycles. The Morgan fingerprint density at radius 3 is 2.31 bits per heavy atom. The molecule has 7 heteroatoms. The van der Waals surface area contributed by atoms with E-state index in [-0.39, 0.29) is 23.4 Å². The highest BCUT2D eigenvalue weighted by atomic mass is 19.1. The van der Waals surface area contributed by atoms with E-state index >= 15 is 4.39 Å². The van der Waals surface area contributed by atoms with Crippen LogP contribution in [-0.4, -0.2) is 40.1 Å². The average Bonchev–Trinajstić information content (AvgIpc) is 2.97. The number of piperidine rings is 1. The minimum Gasteiger partial charge on any atom is -0.465 e. The molecule has 5 rings (SSSR count). The van der Waals surface area contributed by atoms with Crippen molar-refractivity contribution in [2.75, 3.05) is 13.1 Å². The lowest BCUT2D eigenvalue weighted by atomic mass is 9.85. The number of pyridine rings is 1. The first-order chi connectivity index (χ1) is 19.0. The molecule has 1 aromatic heterocycles. The van der Waals surface area contributed by atoms with Gasteiger partial charge in [0.2, 0.25) is 0 Å². The van der Waals surface area contributed by atoms with E-state index in [1.165, 1.54) is 11.0 Å². The van der Waals surface area contributed by atoms with Gasteiger partial charge in [-0.15, -0.1) is 0 Å². The highest BCUT2D eigenvalue weighted by Crippen LogP contribution is 2.35. The number of amides is 2. The van der Waals surface area contributed by atoms with Crippen LogP contribution < -0.4 is 5.32 Å². The third-order valence-electron chi connectivity index (χ3n) is 7.64. The number of carboxylic acid groups (broad SMARTS) is 1. The van der Waals surface area contributed by atoms with Gasteiger partial charge in [-0.3, -0.25) is 4.79 Å². The molecule has 0 radical (unpaired) electrons. The normalized spacial score (nSPS) is 14.8. The maximum atomic E-state index is 15.2. The lowest BCUT2D eigenvalue weighted by molar-refractivity contribution is 0.0936. The molecule has 3 aromatic carbocycles. The molecule has 0 bridgehead atoms. The summed E-state index contributed by atoms with van der Waals surface area (Å²) in [6, 6.07) is 23.9. The number of fused-ring (bicyclic) bond motifs is 1. The first-order valence-electron chi connectivity index (χ1n) is 13.5. The standard InChI is InChI=1S/C32H32FN3O3/c1-2-27(22-10-5-3-6-11-22)34-31(37)28-24-14-9-15-26(33)30(24)35-29(23-12-7-4-8-13-23)25(28)20-21-16-18-36(19-17-21)32(38)39/h3-15,21,27H,2,16-20H2,1H3,(H,34,37)(H,38,39). The number of nitrogens with one attached hydrogen (secondary N) is 1. The summed E-state index contributed by atoms with van der Waals surface area (Å²) >= 11 is 0. The maximum absolute atomic E-state index is 15.2. The van der Waals surface area contributed by atoms with Crippen molar-refractivity contribution in [3.8, 4) is 11.3 Å². The van der Waals surface area contributed by atoms with Crippen LogP contribution >= 0.6 is 0 Å². The Morgan fingerprint density at radius 1 is 1.00 bits per heavy atom. The Balaban J connectivity index is 1.63. The van der Waals surface area contributed by atoms with Gasteiger partial charge in [-0.2, -0.15) is 0 Å². The third-order valence-corrected chi connectivity index (χ3v) is 7.64. The molecule has 0 spiro atoms. The number of carbonyl (C=O) groups is 2. The summed E-state index contributed by atoms with van der Waals surface area (Å²) in [5.41, 5.74) is 3.78. The van der Waals surface area contributed by atoms with Gasteiger partial charge in [0.25, 0.3) is 5.91 Å². The van der Waals surface area contributed by atoms with Gasteiger partial charge in [-0.05, 0) is 48.8 Å². The van der Waals surface area contributed by atoms with Crippen LogP contribution in [0.4, 0.5) is 9.18 Å². The lowest BCUT2D eigenvalue weighted by Crippen LogP contribution is -2.38. The number of rotatable bonds is 7. The molecule has 4 aromatic rings. The van der Waals surface area contributed by atoms with Crippen molar-refractivity contribution in [2.24, 2.45) is 5.92 Å². The van der Waals surface area contributed by atoms with E-state index < -0.39 is 11.9 Å². The van der Waals surface area contributed by atoms with Crippen LogP contribution in [0.3, 0.4) is 0 Å². The van der Waals surface area contributed by atoms with Crippen molar-refractivity contribution in [2.45, 2.75) is 38.6 Å². The number of nitrogens with zero attached hydrogens (tertiary/aromatic N) is 2. The second kappa shape index (κ2) is 11.6. The zero-order valence-corrected chi connectivity index (χ0v) is 21.9. The fourth-order valence-electron chi connectivity index (χ4n) is 5.54. The summed E-state index contributed by atoms with van der Waals surface area (Å²) in [7, 11) is 0. The summed E-state index contributed by atoms with van der Waals surface area (Å²) in [5, 5.41) is 13.1. The summed E-state index contributed by atoms with van der Waals surface area (Å²) in [4.78, 5) is 31.8. The van der Waals surface area contributed by atoms with Crippen molar-refractivity contribution in [3.63, 3.8) is 0 Å². The highest BCUT2D eigenvalue weighted by molar-refractivity contribution is 6.09. The number of hydrogen-bond donors (Lipinski definition) is 2. The Labute approximate surface area is 227 Å². The van der Waals surface area contributed by atoms with E-state index in [9.17, 15) is 14.7 Å². The van der Waals surface area contributed by atoms with E-state index in [1.807, 2.05) is 67.6 Å². The number of carbonyl (C=O) groups excluding carboxylic acids is 1. The largest absolute Gasteiger partial charge is 0.465 e. The molecule has 2 amide bonds. The predicted molar refractivity (Wildman–Crippen MR) is 150 cm³/mol. The predicted octanol–water partition coefficient (Wildman–Crippen LogP) is 6.85. The first-order valence-corrected chi connectivity index (χ1v) is 13.5. The van der Waals surface area contributed by atoms with Crippen LogP contribution in [0.25, 0.3) is 22.2 Å². The Morgan fingerprint density at radius 2 is 1.67 bits per heavy atom. The van der Waals surface area contributed by atoms with Crippen molar-refractivity contribution in [1.29, 1.82) is 0 Å². The SMILES string of the molecule is CCC(NC(=O)c1c(CC2CCN(C(=O)O)CC2)c(-c2ccccc2)nc2c(F)cccc12)c1ccccc1. The van der Waals surface area contributed by atoms with Gasteiger partial charge in [0, 0.05) is 24.0 Å². The minimum absolute atomic E-state index is 0.165. The van der Waals surface area contributed by atoms with Gasteiger partial charge in [0.15, 0.2) is 0 Å². The fourth-order valence-corrected chi connectivity index (χ4v) is 5.54. The third kappa shape index (κ3) is 5.62. The van der Waals surface area contributed by atoms with Crippen LogP contribution in [0, 0.1) is 11.7 Å². The first kappa shape index (κ1) is 26.4. The topological polar surface area (TPSA) is 82.5 Å². The molecule has 1 aliphatic heterocycles. The maximum Gasteiger partial charge on any atom is 0.407 e. The number of benzene rings is 3. The molecule has 1 atom stereocenters. The molecule has 2 N–H and O–H groups in total. The summed E-state index contributed by atoms with van der Waals surface area (Å²) in [6.45, 7) is 2.92. The smallest absolute Gasteiger partial charge is 0.407 e. The van der Waals surface area contributed by atoms with Gasteiger partial charge >= 0.3 is 6.09 Å². The number of likely N-dealkylation sites (tertiary alicyclic amines) is 1. The summed E-state index contributed by atoms with van der Waals surface area (Å²) in [5.74, 6) is -0.576. The highest BCUT2D eigenvalue weighted by Gasteiger charge is 2.29. The van der Waals surface area contributed by atoms with Gasteiger partial charge < -0.3 is 15.3 Å².